The van der Waals surface area contributed by atoms with Crippen LogP contribution >= 0.6 is 0 Å². The van der Waals surface area contributed by atoms with Crippen LogP contribution in [-0.4, -0.2) is 21.9 Å². The zero-order valence-corrected chi connectivity index (χ0v) is 14.8. The molecular formula is C21H20N4O. The van der Waals surface area contributed by atoms with Crippen molar-refractivity contribution in [3.8, 4) is 0 Å². The van der Waals surface area contributed by atoms with Crippen LogP contribution in [0.4, 0.5) is 17.3 Å². The molecule has 0 aliphatic carbocycles. The Morgan fingerprint density at radius 3 is 2.62 bits per heavy atom. The van der Waals surface area contributed by atoms with Crippen molar-refractivity contribution in [2.24, 2.45) is 0 Å². The number of carbonyl (C=O) groups is 1. The minimum absolute atomic E-state index is 0.233. The molecule has 2 heterocycles. The summed E-state index contributed by atoms with van der Waals surface area (Å²) >= 11 is 0. The number of hydrogen-bond acceptors (Lipinski definition) is 4. The topological polar surface area (TPSA) is 58.1 Å². The molecule has 130 valence electrons. The molecule has 0 spiro atoms. The first-order valence-electron chi connectivity index (χ1n) is 8.71. The largest absolute Gasteiger partial charge is 0.321 e. The lowest BCUT2D eigenvalue weighted by atomic mass is 10.1. The number of benzene rings is 2. The third-order valence-corrected chi connectivity index (χ3v) is 4.53. The van der Waals surface area contributed by atoms with E-state index in [4.69, 9.17) is 0 Å². The van der Waals surface area contributed by atoms with Crippen LogP contribution in [0, 0.1) is 6.92 Å². The van der Waals surface area contributed by atoms with E-state index in [-0.39, 0.29) is 11.9 Å². The minimum atomic E-state index is -0.233. The molecule has 1 aliphatic heterocycles. The first-order valence-corrected chi connectivity index (χ1v) is 8.71. The molecule has 0 fully saturated rings. The maximum atomic E-state index is 12.6. The number of amides is 1. The van der Waals surface area contributed by atoms with Crippen LogP contribution in [-0.2, 0) is 6.42 Å². The maximum Gasteiger partial charge on any atom is 0.274 e. The lowest BCUT2D eigenvalue weighted by Crippen LogP contribution is -2.27. The summed E-state index contributed by atoms with van der Waals surface area (Å²) in [5.41, 5.74) is 4.27. The molecule has 0 saturated carbocycles. The Hall–Kier alpha value is -3.21. The van der Waals surface area contributed by atoms with Crippen molar-refractivity contribution in [3.63, 3.8) is 0 Å². The van der Waals surface area contributed by atoms with Crippen molar-refractivity contribution in [3.05, 3.63) is 77.6 Å². The number of anilines is 3. The molecule has 1 amide bonds. The predicted octanol–water partition coefficient (Wildman–Crippen LogP) is 4.12. The first-order chi connectivity index (χ1) is 12.6. The fraction of sp³-hybridized carbons (Fsp3) is 0.190. The minimum Gasteiger partial charge on any atom is -0.321 e. The highest BCUT2D eigenvalue weighted by molar-refractivity contribution is 6.03. The Kier molecular flexibility index (Phi) is 4.13. The quantitative estimate of drug-likeness (QED) is 0.776. The summed E-state index contributed by atoms with van der Waals surface area (Å²) in [6.07, 6.45) is 0.943. The standard InChI is InChI=1S/C21H20N4O/c1-14-12-18(20(26)23-17-9-4-3-5-10-17)24-21(22-14)25-15(2)13-16-8-6-7-11-19(16)25/h3-12,15H,13H2,1-2H3,(H,23,26). The maximum absolute atomic E-state index is 12.6. The summed E-state index contributed by atoms with van der Waals surface area (Å²) in [4.78, 5) is 23.9. The number of nitrogens with zero attached hydrogens (tertiary/aromatic N) is 3. The van der Waals surface area contributed by atoms with Gasteiger partial charge in [0.25, 0.3) is 5.91 Å². The Labute approximate surface area is 152 Å². The molecule has 1 atom stereocenters. The van der Waals surface area contributed by atoms with Crippen LogP contribution in [0.5, 0.6) is 0 Å². The molecule has 5 heteroatoms. The van der Waals surface area contributed by atoms with E-state index in [0.29, 0.717) is 11.6 Å². The number of nitrogens with one attached hydrogen (secondary N) is 1. The molecule has 0 radical (unpaired) electrons. The van der Waals surface area contributed by atoms with Gasteiger partial charge in [-0.15, -0.1) is 0 Å². The number of carbonyl (C=O) groups excluding carboxylic acids is 1. The van der Waals surface area contributed by atoms with Crippen molar-refractivity contribution in [2.45, 2.75) is 26.3 Å². The van der Waals surface area contributed by atoms with Gasteiger partial charge in [-0.25, -0.2) is 9.97 Å². The first kappa shape index (κ1) is 16.3. The summed E-state index contributed by atoms with van der Waals surface area (Å²) in [6.45, 7) is 4.03. The zero-order valence-electron chi connectivity index (χ0n) is 14.8. The summed E-state index contributed by atoms with van der Waals surface area (Å²) in [7, 11) is 0. The Morgan fingerprint density at radius 2 is 1.81 bits per heavy atom. The molecule has 4 rings (SSSR count). The van der Waals surface area contributed by atoms with Gasteiger partial charge >= 0.3 is 0 Å². The molecule has 1 aromatic heterocycles. The predicted molar refractivity (Wildman–Crippen MR) is 103 cm³/mol. The number of aromatic nitrogens is 2. The molecule has 0 saturated heterocycles. The molecule has 1 unspecified atom stereocenters. The van der Waals surface area contributed by atoms with Gasteiger partial charge in [-0.3, -0.25) is 4.79 Å². The number of fused-ring (bicyclic) bond motifs is 1. The Balaban J connectivity index is 1.68. The van der Waals surface area contributed by atoms with E-state index >= 15 is 0 Å². The number of rotatable bonds is 3. The van der Waals surface area contributed by atoms with Gasteiger partial charge < -0.3 is 10.2 Å². The molecule has 3 aromatic rings. The van der Waals surface area contributed by atoms with Crippen molar-refractivity contribution < 1.29 is 4.79 Å². The van der Waals surface area contributed by atoms with E-state index in [2.05, 4.69) is 39.2 Å². The van der Waals surface area contributed by atoms with Gasteiger partial charge in [0.1, 0.15) is 5.69 Å². The average Bonchev–Trinajstić information content (AvgIpc) is 2.97. The van der Waals surface area contributed by atoms with Gasteiger partial charge in [-0.2, -0.15) is 0 Å². The third-order valence-electron chi connectivity index (χ3n) is 4.53. The number of hydrogen-bond donors (Lipinski definition) is 1. The zero-order chi connectivity index (χ0) is 18.1. The average molecular weight is 344 g/mol. The highest BCUT2D eigenvalue weighted by Gasteiger charge is 2.29. The summed E-state index contributed by atoms with van der Waals surface area (Å²) in [6, 6.07) is 19.6. The van der Waals surface area contributed by atoms with Gasteiger partial charge in [0.05, 0.1) is 0 Å². The van der Waals surface area contributed by atoms with Crippen LogP contribution < -0.4 is 10.2 Å². The fourth-order valence-corrected chi connectivity index (χ4v) is 3.36. The number of aryl methyl sites for hydroxylation is 1. The fourth-order valence-electron chi connectivity index (χ4n) is 3.36. The SMILES string of the molecule is Cc1cc(C(=O)Nc2ccccc2)nc(N2c3ccccc3CC2C)n1. The molecule has 5 nitrogen and oxygen atoms in total. The van der Waals surface area contributed by atoms with Gasteiger partial charge in [0.2, 0.25) is 5.95 Å². The van der Waals surface area contributed by atoms with E-state index in [0.717, 1.165) is 23.5 Å². The molecule has 1 N–H and O–H groups in total. The molecule has 0 bridgehead atoms. The summed E-state index contributed by atoms with van der Waals surface area (Å²) in [5.74, 6) is 0.337. The molecule has 26 heavy (non-hydrogen) atoms. The van der Waals surface area contributed by atoms with Crippen LogP contribution in [0.3, 0.4) is 0 Å². The Morgan fingerprint density at radius 1 is 1.08 bits per heavy atom. The summed E-state index contributed by atoms with van der Waals surface area (Å²) in [5, 5.41) is 2.89. The second-order valence-corrected chi connectivity index (χ2v) is 6.57. The van der Waals surface area contributed by atoms with E-state index < -0.39 is 0 Å². The molecular weight excluding hydrogens is 324 g/mol. The van der Waals surface area contributed by atoms with Crippen LogP contribution in [0.25, 0.3) is 0 Å². The lowest BCUT2D eigenvalue weighted by Gasteiger charge is -2.23. The van der Waals surface area contributed by atoms with Crippen molar-refractivity contribution in [1.82, 2.24) is 9.97 Å². The van der Waals surface area contributed by atoms with Gasteiger partial charge in [0, 0.05) is 23.1 Å². The monoisotopic (exact) mass is 344 g/mol. The van der Waals surface area contributed by atoms with E-state index in [1.165, 1.54) is 5.56 Å². The Bertz CT molecular complexity index is 955. The third kappa shape index (κ3) is 3.04. The van der Waals surface area contributed by atoms with E-state index in [1.807, 2.05) is 49.4 Å². The second-order valence-electron chi connectivity index (χ2n) is 6.57. The summed E-state index contributed by atoms with van der Waals surface area (Å²) < 4.78 is 0. The van der Waals surface area contributed by atoms with Crippen LogP contribution in [0.15, 0.2) is 60.7 Å². The molecule has 2 aromatic carbocycles. The van der Waals surface area contributed by atoms with Gasteiger partial charge in [0.15, 0.2) is 0 Å². The van der Waals surface area contributed by atoms with Crippen molar-refractivity contribution >= 4 is 23.2 Å². The van der Waals surface area contributed by atoms with Crippen LogP contribution in [0.1, 0.15) is 28.7 Å². The second kappa shape index (κ2) is 6.59. The van der Waals surface area contributed by atoms with E-state index in [1.54, 1.807) is 6.07 Å². The smallest absolute Gasteiger partial charge is 0.274 e. The van der Waals surface area contributed by atoms with Gasteiger partial charge in [-0.1, -0.05) is 36.4 Å². The normalized spacial score (nSPS) is 15.6. The van der Waals surface area contributed by atoms with Crippen molar-refractivity contribution in [2.75, 3.05) is 10.2 Å². The van der Waals surface area contributed by atoms with Crippen molar-refractivity contribution in [1.29, 1.82) is 0 Å². The highest BCUT2D eigenvalue weighted by Crippen LogP contribution is 2.36. The van der Waals surface area contributed by atoms with Crippen LogP contribution in [0.2, 0.25) is 0 Å². The highest BCUT2D eigenvalue weighted by atomic mass is 16.1. The molecule has 1 aliphatic rings. The lowest BCUT2D eigenvalue weighted by molar-refractivity contribution is 0.102. The van der Waals surface area contributed by atoms with Gasteiger partial charge in [-0.05, 0) is 50.1 Å². The number of para-hydroxylation sites is 2. The van der Waals surface area contributed by atoms with E-state index in [9.17, 15) is 4.79 Å².